The molecule has 0 spiro atoms. The Hall–Kier alpha value is -1.29. The maximum absolute atomic E-state index is 11.6. The third kappa shape index (κ3) is 3.60. The third-order valence-electron chi connectivity index (χ3n) is 2.80. The number of pyridine rings is 1. The summed E-state index contributed by atoms with van der Waals surface area (Å²) in [6.07, 6.45) is 6.10. The summed E-state index contributed by atoms with van der Waals surface area (Å²) < 4.78 is 5.30. The number of ether oxygens (including phenoxy) is 1. The molecule has 1 saturated carbocycles. The Labute approximate surface area is 105 Å². The van der Waals surface area contributed by atoms with Gasteiger partial charge in [-0.05, 0) is 25.0 Å². The molecule has 0 aromatic carbocycles. The third-order valence-corrected chi connectivity index (χ3v) is 3.09. The van der Waals surface area contributed by atoms with Crippen LogP contribution in [0.5, 0.6) is 5.75 Å². The fraction of sp³-hybridized carbons (Fsp3) is 0.500. The Kier molecular flexibility index (Phi) is 4.20. The number of halogens is 1. The van der Waals surface area contributed by atoms with Gasteiger partial charge in [0.15, 0.2) is 17.5 Å². The normalized spacial score (nSPS) is 15.8. The molecule has 92 valence electrons. The number of nitrogens with zero attached hydrogens (tertiary/aromatic N) is 1. The van der Waals surface area contributed by atoms with E-state index >= 15 is 0 Å². The van der Waals surface area contributed by atoms with Gasteiger partial charge in [0, 0.05) is 12.2 Å². The lowest BCUT2D eigenvalue weighted by Gasteiger charge is -2.12. The lowest BCUT2D eigenvalue weighted by molar-refractivity contribution is -0.123. The number of amides is 1. The quantitative estimate of drug-likeness (QED) is 0.838. The van der Waals surface area contributed by atoms with E-state index in [1.54, 1.807) is 18.3 Å². The molecule has 1 fully saturated rings. The van der Waals surface area contributed by atoms with Gasteiger partial charge < -0.3 is 10.1 Å². The summed E-state index contributed by atoms with van der Waals surface area (Å²) in [5.74, 6) is 0.340. The fourth-order valence-corrected chi connectivity index (χ4v) is 2.14. The highest BCUT2D eigenvalue weighted by molar-refractivity contribution is 6.30. The van der Waals surface area contributed by atoms with E-state index in [0.717, 1.165) is 12.8 Å². The molecule has 0 atom stereocenters. The Morgan fingerprint density at radius 3 is 3.00 bits per heavy atom. The fourth-order valence-electron chi connectivity index (χ4n) is 1.96. The van der Waals surface area contributed by atoms with Crippen LogP contribution in [0.4, 0.5) is 0 Å². The molecule has 0 aliphatic heterocycles. The van der Waals surface area contributed by atoms with E-state index in [1.807, 2.05) is 0 Å². The number of rotatable bonds is 4. The zero-order chi connectivity index (χ0) is 12.1. The van der Waals surface area contributed by atoms with Crippen molar-refractivity contribution >= 4 is 17.5 Å². The second kappa shape index (κ2) is 5.87. The van der Waals surface area contributed by atoms with E-state index in [2.05, 4.69) is 10.3 Å². The number of nitrogens with one attached hydrogen (secondary N) is 1. The van der Waals surface area contributed by atoms with Gasteiger partial charge in [-0.1, -0.05) is 24.4 Å². The van der Waals surface area contributed by atoms with Crippen molar-refractivity contribution < 1.29 is 9.53 Å². The number of hydrogen-bond acceptors (Lipinski definition) is 3. The number of aromatic nitrogens is 1. The minimum Gasteiger partial charge on any atom is -0.481 e. The van der Waals surface area contributed by atoms with E-state index in [9.17, 15) is 4.79 Å². The second-order valence-electron chi connectivity index (χ2n) is 4.13. The van der Waals surface area contributed by atoms with Crippen LogP contribution in [0.2, 0.25) is 5.15 Å². The Bertz CT molecular complexity index is 392. The van der Waals surface area contributed by atoms with Crippen LogP contribution in [0.25, 0.3) is 0 Å². The van der Waals surface area contributed by atoms with Crippen molar-refractivity contribution in [3.63, 3.8) is 0 Å². The van der Waals surface area contributed by atoms with Gasteiger partial charge in [0.25, 0.3) is 5.91 Å². The van der Waals surface area contributed by atoms with Crippen LogP contribution < -0.4 is 10.1 Å². The summed E-state index contributed by atoms with van der Waals surface area (Å²) in [5, 5.41) is 3.22. The Morgan fingerprint density at radius 2 is 2.29 bits per heavy atom. The molecule has 17 heavy (non-hydrogen) atoms. The zero-order valence-corrected chi connectivity index (χ0v) is 10.2. The second-order valence-corrected chi connectivity index (χ2v) is 4.49. The molecule has 1 aliphatic carbocycles. The highest BCUT2D eigenvalue weighted by Crippen LogP contribution is 2.20. The summed E-state index contributed by atoms with van der Waals surface area (Å²) in [5.41, 5.74) is 0. The predicted molar refractivity (Wildman–Crippen MR) is 65.1 cm³/mol. The van der Waals surface area contributed by atoms with Gasteiger partial charge in [0.05, 0.1) is 0 Å². The first-order valence-electron chi connectivity index (χ1n) is 5.78. The van der Waals surface area contributed by atoms with Crippen LogP contribution in [0, 0.1) is 0 Å². The maximum Gasteiger partial charge on any atom is 0.258 e. The molecule has 2 rings (SSSR count). The van der Waals surface area contributed by atoms with Gasteiger partial charge in [-0.15, -0.1) is 0 Å². The standard InChI is InChI=1S/C12H15ClN2O2/c13-12-10(6-3-7-14-12)17-8-11(16)15-9-4-1-2-5-9/h3,6-7,9H,1-2,4-5,8H2,(H,15,16). The van der Waals surface area contributed by atoms with Gasteiger partial charge in [-0.3, -0.25) is 4.79 Å². The van der Waals surface area contributed by atoms with Gasteiger partial charge in [-0.2, -0.15) is 0 Å². The van der Waals surface area contributed by atoms with E-state index in [0.29, 0.717) is 11.8 Å². The average molecular weight is 255 g/mol. The minimum atomic E-state index is -0.100. The Balaban J connectivity index is 1.77. The first kappa shape index (κ1) is 12.2. The SMILES string of the molecule is O=C(COc1cccnc1Cl)NC1CCCC1. The molecule has 1 N–H and O–H groups in total. The molecule has 0 radical (unpaired) electrons. The molecule has 4 nitrogen and oxygen atoms in total. The Morgan fingerprint density at radius 1 is 1.53 bits per heavy atom. The summed E-state index contributed by atoms with van der Waals surface area (Å²) >= 11 is 5.81. The summed E-state index contributed by atoms with van der Waals surface area (Å²) in [6, 6.07) is 3.73. The summed E-state index contributed by atoms with van der Waals surface area (Å²) in [6.45, 7) is -0.0120. The molecule has 1 aliphatic rings. The monoisotopic (exact) mass is 254 g/mol. The molecule has 0 saturated heterocycles. The zero-order valence-electron chi connectivity index (χ0n) is 9.49. The lowest BCUT2D eigenvalue weighted by Crippen LogP contribution is -2.36. The maximum atomic E-state index is 11.6. The molecule has 1 aromatic rings. The van der Waals surface area contributed by atoms with Crippen molar-refractivity contribution in [2.24, 2.45) is 0 Å². The molecule has 0 unspecified atom stereocenters. The topological polar surface area (TPSA) is 51.2 Å². The molecular weight excluding hydrogens is 240 g/mol. The number of hydrogen-bond donors (Lipinski definition) is 1. The first-order valence-corrected chi connectivity index (χ1v) is 6.16. The van der Waals surface area contributed by atoms with Crippen molar-refractivity contribution in [2.45, 2.75) is 31.7 Å². The van der Waals surface area contributed by atoms with Crippen molar-refractivity contribution in [3.05, 3.63) is 23.5 Å². The molecule has 1 heterocycles. The molecule has 1 amide bonds. The van der Waals surface area contributed by atoms with Gasteiger partial charge in [0.1, 0.15) is 0 Å². The number of carbonyl (C=O) groups is 1. The van der Waals surface area contributed by atoms with Gasteiger partial charge >= 0.3 is 0 Å². The van der Waals surface area contributed by atoms with Crippen LogP contribution in [-0.2, 0) is 4.79 Å². The van der Waals surface area contributed by atoms with Crippen molar-refractivity contribution in [3.8, 4) is 5.75 Å². The molecule has 1 aromatic heterocycles. The van der Waals surface area contributed by atoms with Crippen LogP contribution >= 0.6 is 11.6 Å². The van der Waals surface area contributed by atoms with Gasteiger partial charge in [-0.25, -0.2) is 4.98 Å². The van der Waals surface area contributed by atoms with Crippen LogP contribution in [0.3, 0.4) is 0 Å². The van der Waals surface area contributed by atoms with Crippen LogP contribution in [0.1, 0.15) is 25.7 Å². The molecule has 0 bridgehead atoms. The summed E-state index contributed by atoms with van der Waals surface area (Å²) in [4.78, 5) is 15.5. The number of carbonyl (C=O) groups excluding carboxylic acids is 1. The minimum absolute atomic E-state index is 0.0120. The van der Waals surface area contributed by atoms with E-state index in [1.165, 1.54) is 12.8 Å². The smallest absolute Gasteiger partial charge is 0.258 e. The predicted octanol–water partition coefficient (Wildman–Crippen LogP) is 2.17. The van der Waals surface area contributed by atoms with Crippen LogP contribution in [0.15, 0.2) is 18.3 Å². The van der Waals surface area contributed by atoms with Crippen molar-refractivity contribution in [1.29, 1.82) is 0 Å². The molecule has 5 heteroatoms. The van der Waals surface area contributed by atoms with Crippen molar-refractivity contribution in [2.75, 3.05) is 6.61 Å². The largest absolute Gasteiger partial charge is 0.481 e. The highest BCUT2D eigenvalue weighted by atomic mass is 35.5. The van der Waals surface area contributed by atoms with Gasteiger partial charge in [0.2, 0.25) is 0 Å². The molecular formula is C12H15ClN2O2. The van der Waals surface area contributed by atoms with Crippen molar-refractivity contribution in [1.82, 2.24) is 10.3 Å². The van der Waals surface area contributed by atoms with Crippen LogP contribution in [-0.4, -0.2) is 23.5 Å². The highest BCUT2D eigenvalue weighted by Gasteiger charge is 2.17. The lowest BCUT2D eigenvalue weighted by atomic mass is 10.2. The average Bonchev–Trinajstić information content (AvgIpc) is 2.81. The van der Waals surface area contributed by atoms with E-state index in [-0.39, 0.29) is 17.7 Å². The van der Waals surface area contributed by atoms with E-state index < -0.39 is 0 Å². The summed E-state index contributed by atoms with van der Waals surface area (Å²) in [7, 11) is 0. The van der Waals surface area contributed by atoms with E-state index in [4.69, 9.17) is 16.3 Å². The first-order chi connectivity index (χ1) is 8.25.